The van der Waals surface area contributed by atoms with E-state index in [1.165, 1.54) is 0 Å². The van der Waals surface area contributed by atoms with Crippen LogP contribution in [0.3, 0.4) is 0 Å². The van der Waals surface area contributed by atoms with Gasteiger partial charge in [0, 0.05) is 5.82 Å². The topological polar surface area (TPSA) is 17.1 Å². The van der Waals surface area contributed by atoms with Gasteiger partial charge in [-0.25, -0.2) is 0 Å². The third-order valence-corrected chi connectivity index (χ3v) is 1.37. The fourth-order valence-corrected chi connectivity index (χ4v) is 0.842. The molecule has 0 N–H and O–H groups in total. The van der Waals surface area contributed by atoms with Crippen molar-refractivity contribution in [3.8, 4) is 0 Å². The number of allylic oxidation sites excluding steroid dienone is 2. The molecule has 0 fully saturated rings. The lowest BCUT2D eigenvalue weighted by molar-refractivity contribution is 0.597. The summed E-state index contributed by atoms with van der Waals surface area (Å²) >= 11 is 0. The van der Waals surface area contributed by atoms with E-state index >= 15 is 0 Å². The van der Waals surface area contributed by atoms with Gasteiger partial charge in [0.2, 0.25) is 0 Å². The van der Waals surface area contributed by atoms with Crippen molar-refractivity contribution in [3.63, 3.8) is 0 Å². The molecular weight excluding hydrogens is 95.0 g/mol. The Labute approximate surface area is 37.2 Å². The van der Waals surface area contributed by atoms with E-state index in [2.05, 4.69) is 5.82 Å². The third-order valence-electron chi connectivity index (χ3n) is 0.519. The van der Waals surface area contributed by atoms with Crippen LogP contribution in [0.2, 0.25) is 0 Å². The first kappa shape index (κ1) is 3.76. The van der Waals surface area contributed by atoms with Crippen LogP contribution < -0.4 is 0 Å². The Kier molecular flexibility index (Phi) is 0.849. The molecule has 1 rings (SSSR count). The normalized spacial score (nSPS) is 23.0. The van der Waals surface area contributed by atoms with Gasteiger partial charge in [0.15, 0.2) is 0 Å². The predicted molar refractivity (Wildman–Crippen MR) is 24.6 cm³/mol. The van der Waals surface area contributed by atoms with Gasteiger partial charge in [-0.05, 0) is 0 Å². The SMILES string of the molecule is O=[P+]1[C-]=CC=C1. The zero-order chi connectivity index (χ0) is 4.41. The van der Waals surface area contributed by atoms with Crippen LogP contribution in [-0.4, -0.2) is 0 Å². The molecule has 0 amide bonds. The molecule has 0 aromatic rings. The Morgan fingerprint density at radius 2 is 2.50 bits per heavy atom. The average molecular weight is 98.0 g/mol. The van der Waals surface area contributed by atoms with Crippen LogP contribution in [0.15, 0.2) is 18.0 Å². The third kappa shape index (κ3) is 0.550. The summed E-state index contributed by atoms with van der Waals surface area (Å²) in [7, 11) is -1.20. The standard InChI is InChI=1S/C4H3OP/c5-6-3-1-2-4-6/h1-3H. The maximum Gasteiger partial charge on any atom is 0.290 e. The first-order valence-electron chi connectivity index (χ1n) is 1.62. The van der Waals surface area contributed by atoms with E-state index in [0.717, 1.165) is 0 Å². The van der Waals surface area contributed by atoms with Crippen molar-refractivity contribution in [1.82, 2.24) is 0 Å². The maximum absolute atomic E-state index is 10.2. The number of hydrogen-bond acceptors (Lipinski definition) is 1. The molecule has 6 heavy (non-hydrogen) atoms. The average Bonchev–Trinajstić information content (AvgIpc) is 1.86. The van der Waals surface area contributed by atoms with Gasteiger partial charge in [-0.15, -0.1) is 0 Å². The van der Waals surface area contributed by atoms with Gasteiger partial charge in [0.05, 0.1) is 5.82 Å². The molecule has 0 saturated heterocycles. The summed E-state index contributed by atoms with van der Waals surface area (Å²) in [4.78, 5) is 0. The molecule has 1 aliphatic rings. The van der Waals surface area contributed by atoms with Gasteiger partial charge in [0.25, 0.3) is 7.80 Å². The molecule has 2 heteroatoms. The van der Waals surface area contributed by atoms with Crippen LogP contribution in [0.1, 0.15) is 0 Å². The molecule has 1 heterocycles. The highest BCUT2D eigenvalue weighted by Gasteiger charge is 1.93. The highest BCUT2D eigenvalue weighted by atomic mass is 31.1. The molecule has 0 spiro atoms. The minimum absolute atomic E-state index is 1.20. The molecule has 0 aromatic carbocycles. The summed E-state index contributed by atoms with van der Waals surface area (Å²) in [5, 5.41) is 0. The fourth-order valence-electron chi connectivity index (χ4n) is 0.281. The number of rotatable bonds is 0. The predicted octanol–water partition coefficient (Wildman–Crippen LogP) is 1.66. The maximum atomic E-state index is 10.2. The highest BCUT2D eigenvalue weighted by Crippen LogP contribution is 2.26. The van der Waals surface area contributed by atoms with Crippen molar-refractivity contribution < 1.29 is 4.57 Å². The van der Waals surface area contributed by atoms with Gasteiger partial charge in [-0.1, -0.05) is 4.57 Å². The summed E-state index contributed by atoms with van der Waals surface area (Å²) in [6, 6.07) is 0. The van der Waals surface area contributed by atoms with Crippen LogP contribution in [0.5, 0.6) is 0 Å². The minimum atomic E-state index is -1.20. The summed E-state index contributed by atoms with van der Waals surface area (Å²) in [6.07, 6.45) is 3.40. The lowest BCUT2D eigenvalue weighted by Crippen LogP contribution is -1.27. The first-order chi connectivity index (χ1) is 2.89. The molecule has 1 nitrogen and oxygen atoms in total. The fraction of sp³-hybridized carbons (Fsp3) is 0. The molecular formula is C4H3OP. The first-order valence-corrected chi connectivity index (χ1v) is 2.95. The van der Waals surface area contributed by atoms with Gasteiger partial charge in [0.1, 0.15) is 0 Å². The van der Waals surface area contributed by atoms with E-state index in [0.29, 0.717) is 0 Å². The van der Waals surface area contributed by atoms with Gasteiger partial charge in [-0.3, -0.25) is 0 Å². The van der Waals surface area contributed by atoms with Gasteiger partial charge >= 0.3 is 0 Å². The van der Waals surface area contributed by atoms with E-state index in [4.69, 9.17) is 0 Å². The molecule has 30 valence electrons. The second kappa shape index (κ2) is 1.36. The molecule has 0 bridgehead atoms. The molecule has 1 aliphatic heterocycles. The van der Waals surface area contributed by atoms with Crippen molar-refractivity contribution in [2.24, 2.45) is 0 Å². The van der Waals surface area contributed by atoms with E-state index in [1.807, 2.05) is 0 Å². The van der Waals surface area contributed by atoms with Crippen LogP contribution in [0.25, 0.3) is 0 Å². The Morgan fingerprint density at radius 1 is 1.67 bits per heavy atom. The summed E-state index contributed by atoms with van der Waals surface area (Å²) in [5.74, 6) is 4.21. The van der Waals surface area contributed by atoms with Gasteiger partial charge in [-0.2, -0.15) is 12.2 Å². The summed E-state index contributed by atoms with van der Waals surface area (Å²) < 4.78 is 10.2. The smallest absolute Gasteiger partial charge is 0.183 e. The highest BCUT2D eigenvalue weighted by molar-refractivity contribution is 7.50. The molecule has 1 atom stereocenters. The Balaban J connectivity index is 2.86. The molecule has 0 aromatic heterocycles. The lowest BCUT2D eigenvalue weighted by Gasteiger charge is -1.53. The zero-order valence-corrected chi connectivity index (χ0v) is 3.98. The van der Waals surface area contributed by atoms with Crippen molar-refractivity contribution in [3.05, 3.63) is 23.8 Å². The monoisotopic (exact) mass is 98.0 g/mol. The molecule has 1 unspecified atom stereocenters. The van der Waals surface area contributed by atoms with E-state index < -0.39 is 7.80 Å². The Bertz CT molecular complexity index is 110. The summed E-state index contributed by atoms with van der Waals surface area (Å²) in [5.41, 5.74) is 0. The second-order valence-electron chi connectivity index (χ2n) is 0.963. The largest absolute Gasteiger partial charge is 0.290 e. The molecule has 0 aliphatic carbocycles. The molecule has 0 radical (unpaired) electrons. The quantitative estimate of drug-likeness (QED) is 0.332. The minimum Gasteiger partial charge on any atom is -0.183 e. The van der Waals surface area contributed by atoms with Crippen molar-refractivity contribution >= 4 is 7.80 Å². The van der Waals surface area contributed by atoms with E-state index in [-0.39, 0.29) is 0 Å². The van der Waals surface area contributed by atoms with E-state index in [9.17, 15) is 4.57 Å². The van der Waals surface area contributed by atoms with Gasteiger partial charge < -0.3 is 0 Å². The Hall–Kier alpha value is -0.420. The van der Waals surface area contributed by atoms with Crippen LogP contribution >= 0.6 is 7.80 Å². The van der Waals surface area contributed by atoms with Crippen molar-refractivity contribution in [2.75, 3.05) is 0 Å². The number of hydrogen-bond donors (Lipinski definition) is 0. The summed E-state index contributed by atoms with van der Waals surface area (Å²) in [6.45, 7) is 0. The van der Waals surface area contributed by atoms with Crippen molar-refractivity contribution in [2.45, 2.75) is 0 Å². The van der Waals surface area contributed by atoms with Crippen LogP contribution in [0, 0.1) is 5.82 Å². The zero-order valence-electron chi connectivity index (χ0n) is 3.09. The lowest BCUT2D eigenvalue weighted by atomic mass is 10.6. The molecule has 0 saturated carbocycles. The Morgan fingerprint density at radius 3 is 2.67 bits per heavy atom. The van der Waals surface area contributed by atoms with Crippen LogP contribution in [-0.2, 0) is 4.57 Å². The van der Waals surface area contributed by atoms with E-state index in [1.54, 1.807) is 18.0 Å². The van der Waals surface area contributed by atoms with Crippen LogP contribution in [0.4, 0.5) is 0 Å². The van der Waals surface area contributed by atoms with Crippen molar-refractivity contribution in [1.29, 1.82) is 0 Å². The second-order valence-corrected chi connectivity index (χ2v) is 2.17.